The minimum Gasteiger partial charge on any atom is -0.493 e. The minimum atomic E-state index is 0.169. The molecule has 4 heteroatoms. The molecule has 1 heterocycles. The second kappa shape index (κ2) is 7.04. The van der Waals surface area contributed by atoms with Gasteiger partial charge in [-0.05, 0) is 12.5 Å². The number of ether oxygens (including phenoxy) is 1. The van der Waals surface area contributed by atoms with E-state index in [2.05, 4.69) is 11.9 Å². The van der Waals surface area contributed by atoms with Crippen molar-refractivity contribution in [3.05, 3.63) is 46.4 Å². The van der Waals surface area contributed by atoms with Crippen molar-refractivity contribution in [3.63, 3.8) is 0 Å². The van der Waals surface area contributed by atoms with Crippen LogP contribution in [0.4, 0.5) is 0 Å². The average molecular weight is 275 g/mol. The van der Waals surface area contributed by atoms with E-state index in [0.29, 0.717) is 19.4 Å². The Morgan fingerprint density at radius 3 is 2.89 bits per heavy atom. The fourth-order valence-electron chi connectivity index (χ4n) is 1.79. The molecule has 0 fully saturated rings. The van der Waals surface area contributed by atoms with Crippen molar-refractivity contribution < 1.29 is 9.53 Å². The van der Waals surface area contributed by atoms with Crippen molar-refractivity contribution in [2.45, 2.75) is 26.2 Å². The molecule has 0 aliphatic rings. The molecule has 0 atom stereocenters. The van der Waals surface area contributed by atoms with Gasteiger partial charge < -0.3 is 4.74 Å². The Hall–Kier alpha value is -1.68. The molecule has 0 amide bonds. The fraction of sp³-hybridized carbons (Fsp3) is 0.333. The second-order valence-corrected chi connectivity index (χ2v) is 5.25. The number of carbonyl (C=O) groups excluding carboxylic acids is 1. The third-order valence-electron chi connectivity index (χ3n) is 2.65. The normalized spacial score (nSPS) is 10.4. The lowest BCUT2D eigenvalue weighted by molar-refractivity contribution is -0.117. The zero-order chi connectivity index (χ0) is 13.5. The molecule has 0 saturated carbocycles. The SMILES string of the molecule is CCCOc1ccccc1CC(=O)Cc1nccs1. The molecule has 0 saturated heterocycles. The summed E-state index contributed by atoms with van der Waals surface area (Å²) >= 11 is 1.52. The molecule has 3 nitrogen and oxygen atoms in total. The maximum absolute atomic E-state index is 12.0. The molecule has 0 aliphatic carbocycles. The quantitative estimate of drug-likeness (QED) is 0.778. The molecule has 1 aromatic carbocycles. The van der Waals surface area contributed by atoms with Crippen molar-refractivity contribution >= 4 is 17.1 Å². The number of Topliss-reactive ketones (excluding diaryl/α,β-unsaturated/α-hetero) is 1. The van der Waals surface area contributed by atoms with Gasteiger partial charge in [0.1, 0.15) is 11.5 Å². The van der Waals surface area contributed by atoms with E-state index in [0.717, 1.165) is 22.7 Å². The Morgan fingerprint density at radius 2 is 2.16 bits per heavy atom. The smallest absolute Gasteiger partial charge is 0.144 e. The molecule has 0 aliphatic heterocycles. The average Bonchev–Trinajstić information content (AvgIpc) is 2.90. The van der Waals surface area contributed by atoms with Gasteiger partial charge in [0.05, 0.1) is 18.0 Å². The largest absolute Gasteiger partial charge is 0.493 e. The van der Waals surface area contributed by atoms with Crippen molar-refractivity contribution in [1.29, 1.82) is 0 Å². The number of aromatic nitrogens is 1. The van der Waals surface area contributed by atoms with Gasteiger partial charge in [-0.1, -0.05) is 25.1 Å². The van der Waals surface area contributed by atoms with Gasteiger partial charge in [0.25, 0.3) is 0 Å². The standard InChI is InChI=1S/C15H17NO2S/c1-2-8-18-14-6-4-3-5-12(14)10-13(17)11-15-16-7-9-19-15/h3-7,9H,2,8,10-11H2,1H3. The van der Waals surface area contributed by atoms with Crippen LogP contribution >= 0.6 is 11.3 Å². The number of benzene rings is 1. The molecule has 19 heavy (non-hydrogen) atoms. The lowest BCUT2D eigenvalue weighted by Crippen LogP contribution is -2.08. The van der Waals surface area contributed by atoms with E-state index < -0.39 is 0 Å². The van der Waals surface area contributed by atoms with Crippen molar-refractivity contribution in [3.8, 4) is 5.75 Å². The van der Waals surface area contributed by atoms with Gasteiger partial charge in [-0.15, -0.1) is 11.3 Å². The van der Waals surface area contributed by atoms with Gasteiger partial charge in [-0.2, -0.15) is 0 Å². The Labute approximate surface area is 117 Å². The highest BCUT2D eigenvalue weighted by atomic mass is 32.1. The van der Waals surface area contributed by atoms with E-state index in [9.17, 15) is 4.79 Å². The van der Waals surface area contributed by atoms with Crippen molar-refractivity contribution in [2.75, 3.05) is 6.61 Å². The zero-order valence-corrected chi connectivity index (χ0v) is 11.8. The van der Waals surface area contributed by atoms with Crippen LogP contribution in [0.5, 0.6) is 5.75 Å². The molecule has 0 N–H and O–H groups in total. The number of para-hydroxylation sites is 1. The van der Waals surface area contributed by atoms with Crippen LogP contribution in [0.2, 0.25) is 0 Å². The highest BCUT2D eigenvalue weighted by Crippen LogP contribution is 2.19. The molecule has 2 rings (SSSR count). The molecule has 0 bridgehead atoms. The number of thiazole rings is 1. The van der Waals surface area contributed by atoms with Gasteiger partial charge >= 0.3 is 0 Å². The molecule has 2 aromatic rings. The zero-order valence-electron chi connectivity index (χ0n) is 11.0. The van der Waals surface area contributed by atoms with E-state index in [1.54, 1.807) is 6.20 Å². The van der Waals surface area contributed by atoms with E-state index in [4.69, 9.17) is 4.74 Å². The van der Waals surface area contributed by atoms with E-state index >= 15 is 0 Å². The van der Waals surface area contributed by atoms with Gasteiger partial charge in [0.2, 0.25) is 0 Å². The highest BCUT2D eigenvalue weighted by Gasteiger charge is 2.10. The van der Waals surface area contributed by atoms with Crippen LogP contribution in [0.1, 0.15) is 23.9 Å². The van der Waals surface area contributed by atoms with Crippen LogP contribution in [0.3, 0.4) is 0 Å². The summed E-state index contributed by atoms with van der Waals surface area (Å²) in [6.45, 7) is 2.74. The fourth-order valence-corrected chi connectivity index (χ4v) is 2.43. The number of hydrogen-bond acceptors (Lipinski definition) is 4. The number of rotatable bonds is 7. The summed E-state index contributed by atoms with van der Waals surface area (Å²) in [6.07, 6.45) is 3.49. The van der Waals surface area contributed by atoms with Crippen LogP contribution in [-0.2, 0) is 17.6 Å². The first-order valence-electron chi connectivity index (χ1n) is 6.40. The Morgan fingerprint density at radius 1 is 1.32 bits per heavy atom. The maximum Gasteiger partial charge on any atom is 0.144 e. The molecule has 100 valence electrons. The molecule has 0 radical (unpaired) electrons. The van der Waals surface area contributed by atoms with Crippen LogP contribution in [-0.4, -0.2) is 17.4 Å². The topological polar surface area (TPSA) is 39.2 Å². The predicted molar refractivity (Wildman–Crippen MR) is 76.8 cm³/mol. The first-order chi connectivity index (χ1) is 9.29. The summed E-state index contributed by atoms with van der Waals surface area (Å²) in [4.78, 5) is 16.2. The third kappa shape index (κ3) is 4.17. The predicted octanol–water partition coefficient (Wildman–Crippen LogP) is 3.29. The monoisotopic (exact) mass is 275 g/mol. The van der Waals surface area contributed by atoms with E-state index in [1.807, 2.05) is 29.6 Å². The van der Waals surface area contributed by atoms with Crippen LogP contribution < -0.4 is 4.74 Å². The molecule has 1 aromatic heterocycles. The van der Waals surface area contributed by atoms with E-state index in [1.165, 1.54) is 11.3 Å². The summed E-state index contributed by atoms with van der Waals surface area (Å²) in [5, 5.41) is 2.76. The Balaban J connectivity index is 1.99. The summed E-state index contributed by atoms with van der Waals surface area (Å²) < 4.78 is 5.66. The molecule has 0 unspecified atom stereocenters. The first kappa shape index (κ1) is 13.7. The molecular formula is C15H17NO2S. The number of carbonyl (C=O) groups is 1. The highest BCUT2D eigenvalue weighted by molar-refractivity contribution is 7.09. The second-order valence-electron chi connectivity index (χ2n) is 4.27. The number of ketones is 1. The van der Waals surface area contributed by atoms with Crippen LogP contribution in [0.15, 0.2) is 35.8 Å². The number of hydrogen-bond donors (Lipinski definition) is 0. The maximum atomic E-state index is 12.0. The minimum absolute atomic E-state index is 0.169. The molecule has 0 spiro atoms. The van der Waals surface area contributed by atoms with Crippen LogP contribution in [0, 0.1) is 0 Å². The number of nitrogens with zero attached hydrogens (tertiary/aromatic N) is 1. The Kier molecular flexibility index (Phi) is 5.10. The lowest BCUT2D eigenvalue weighted by atomic mass is 10.1. The van der Waals surface area contributed by atoms with E-state index in [-0.39, 0.29) is 5.78 Å². The summed E-state index contributed by atoms with van der Waals surface area (Å²) in [7, 11) is 0. The van der Waals surface area contributed by atoms with Gasteiger partial charge in [-0.3, -0.25) is 4.79 Å². The van der Waals surface area contributed by atoms with Crippen molar-refractivity contribution in [2.24, 2.45) is 0 Å². The lowest BCUT2D eigenvalue weighted by Gasteiger charge is -2.09. The summed E-state index contributed by atoms with van der Waals surface area (Å²) in [6, 6.07) is 7.73. The first-order valence-corrected chi connectivity index (χ1v) is 7.28. The Bertz CT molecular complexity index is 523. The van der Waals surface area contributed by atoms with Gasteiger partial charge in [0.15, 0.2) is 0 Å². The summed E-state index contributed by atoms with van der Waals surface area (Å²) in [5.74, 6) is 0.985. The van der Waals surface area contributed by atoms with Crippen LogP contribution in [0.25, 0.3) is 0 Å². The van der Waals surface area contributed by atoms with Gasteiger partial charge in [0, 0.05) is 23.6 Å². The molecular weight excluding hydrogens is 258 g/mol. The van der Waals surface area contributed by atoms with Crippen molar-refractivity contribution in [1.82, 2.24) is 4.98 Å². The summed E-state index contributed by atoms with van der Waals surface area (Å²) in [5.41, 5.74) is 0.956. The third-order valence-corrected chi connectivity index (χ3v) is 3.43. The van der Waals surface area contributed by atoms with Gasteiger partial charge in [-0.25, -0.2) is 4.98 Å².